The van der Waals surface area contributed by atoms with Crippen molar-refractivity contribution in [2.45, 2.75) is 36.6 Å². The van der Waals surface area contributed by atoms with E-state index < -0.39 is 12.2 Å². The van der Waals surface area contributed by atoms with E-state index in [4.69, 9.17) is 0 Å². The van der Waals surface area contributed by atoms with Crippen LogP contribution < -0.4 is 5.32 Å². The molecule has 0 radical (unpaired) electrons. The first-order chi connectivity index (χ1) is 9.47. The fraction of sp³-hybridized carbons (Fsp3) is 0.615. The molecule has 2 unspecified atom stereocenters. The van der Waals surface area contributed by atoms with E-state index in [1.165, 1.54) is 0 Å². The Labute approximate surface area is 136 Å². The molecule has 0 amide bonds. The Morgan fingerprint density at radius 2 is 2.15 bits per heavy atom. The standard InChI is InChI=1S/C13H19IN2O3S/c1-6-3-9(20-2)16-13(10(6)14)15-8-4-7(5-17)11(18)12(8)19/h3,7-8,11-12,17-19H,4-5H2,1-2H3,(H,15,16)/t7?,8?,11-,12+/m1/s1. The summed E-state index contributed by atoms with van der Waals surface area (Å²) in [6, 6.07) is 1.73. The minimum absolute atomic E-state index is 0.120. The Kier molecular flexibility index (Phi) is 5.52. The highest BCUT2D eigenvalue weighted by molar-refractivity contribution is 14.1. The average Bonchev–Trinajstić information content (AvgIpc) is 2.71. The number of anilines is 1. The molecule has 1 heterocycles. The van der Waals surface area contributed by atoms with Crippen LogP contribution in [0.15, 0.2) is 11.1 Å². The van der Waals surface area contributed by atoms with Gasteiger partial charge in [0.05, 0.1) is 20.7 Å². The molecule has 1 aliphatic rings. The van der Waals surface area contributed by atoms with Crippen LogP contribution in [0.25, 0.3) is 0 Å². The third-order valence-corrected chi connectivity index (χ3v) is 5.67. The normalized spacial score (nSPS) is 29.7. The second kappa shape index (κ2) is 6.78. The SMILES string of the molecule is CSc1cc(C)c(I)c(NC2CC(CO)[C@@H](O)[C@H]2O)n1. The van der Waals surface area contributed by atoms with Gasteiger partial charge in [-0.1, -0.05) is 0 Å². The summed E-state index contributed by atoms with van der Waals surface area (Å²) in [5.41, 5.74) is 1.12. The molecule has 0 aromatic carbocycles. The van der Waals surface area contributed by atoms with Crippen LogP contribution in [0.4, 0.5) is 5.82 Å². The van der Waals surface area contributed by atoms with E-state index in [2.05, 4.69) is 32.9 Å². The molecule has 1 aromatic heterocycles. The Morgan fingerprint density at radius 3 is 2.70 bits per heavy atom. The molecule has 1 aromatic rings. The molecular weight excluding hydrogens is 391 g/mol. The lowest BCUT2D eigenvalue weighted by atomic mass is 10.1. The van der Waals surface area contributed by atoms with Gasteiger partial charge in [0, 0.05) is 12.5 Å². The van der Waals surface area contributed by atoms with Gasteiger partial charge in [-0.25, -0.2) is 4.98 Å². The predicted molar refractivity (Wildman–Crippen MR) is 88.1 cm³/mol. The first-order valence-electron chi connectivity index (χ1n) is 6.42. The maximum absolute atomic E-state index is 10.0. The summed E-state index contributed by atoms with van der Waals surface area (Å²) in [6.07, 6.45) is 0.719. The van der Waals surface area contributed by atoms with Gasteiger partial charge in [0.1, 0.15) is 11.9 Å². The molecular formula is C13H19IN2O3S. The Hall–Kier alpha value is -0.0900. The van der Waals surface area contributed by atoms with Gasteiger partial charge in [-0.2, -0.15) is 0 Å². The van der Waals surface area contributed by atoms with Gasteiger partial charge in [0.15, 0.2) is 0 Å². The van der Waals surface area contributed by atoms with E-state index >= 15 is 0 Å². The van der Waals surface area contributed by atoms with E-state index in [9.17, 15) is 15.3 Å². The molecule has 1 aliphatic carbocycles. The monoisotopic (exact) mass is 410 g/mol. The summed E-state index contributed by atoms with van der Waals surface area (Å²) in [6.45, 7) is 1.90. The number of hydrogen-bond acceptors (Lipinski definition) is 6. The van der Waals surface area contributed by atoms with Gasteiger partial charge in [-0.05, 0) is 53.8 Å². The molecule has 4 atom stereocenters. The Morgan fingerprint density at radius 1 is 1.45 bits per heavy atom. The molecule has 4 N–H and O–H groups in total. The number of aromatic nitrogens is 1. The van der Waals surface area contributed by atoms with Crippen LogP contribution in [0.2, 0.25) is 0 Å². The van der Waals surface area contributed by atoms with Crippen molar-refractivity contribution < 1.29 is 15.3 Å². The van der Waals surface area contributed by atoms with Crippen LogP contribution in [-0.2, 0) is 0 Å². The molecule has 0 saturated heterocycles. The second-order valence-electron chi connectivity index (χ2n) is 5.05. The number of thioether (sulfide) groups is 1. The number of aliphatic hydroxyl groups excluding tert-OH is 3. The summed E-state index contributed by atoms with van der Waals surface area (Å²) in [5, 5.41) is 33.2. The maximum atomic E-state index is 10.0. The van der Waals surface area contributed by atoms with Crippen LogP contribution in [0.1, 0.15) is 12.0 Å². The lowest BCUT2D eigenvalue weighted by Gasteiger charge is -2.20. The lowest BCUT2D eigenvalue weighted by molar-refractivity contribution is 0.00445. The highest BCUT2D eigenvalue weighted by Gasteiger charge is 2.41. The largest absolute Gasteiger partial charge is 0.396 e. The van der Waals surface area contributed by atoms with Crippen molar-refractivity contribution in [1.82, 2.24) is 4.98 Å². The van der Waals surface area contributed by atoms with Gasteiger partial charge in [0.25, 0.3) is 0 Å². The molecule has 20 heavy (non-hydrogen) atoms. The van der Waals surface area contributed by atoms with Gasteiger partial charge in [-0.3, -0.25) is 0 Å². The number of nitrogens with zero attached hydrogens (tertiary/aromatic N) is 1. The number of nitrogens with one attached hydrogen (secondary N) is 1. The molecule has 1 fully saturated rings. The van der Waals surface area contributed by atoms with Crippen LogP contribution in [0.3, 0.4) is 0 Å². The topological polar surface area (TPSA) is 85.6 Å². The molecule has 112 valence electrons. The number of aliphatic hydroxyl groups is 3. The van der Waals surface area contributed by atoms with Gasteiger partial charge in [-0.15, -0.1) is 11.8 Å². The molecule has 7 heteroatoms. The minimum Gasteiger partial charge on any atom is -0.396 e. The zero-order valence-electron chi connectivity index (χ0n) is 11.4. The fourth-order valence-electron chi connectivity index (χ4n) is 2.45. The molecule has 1 saturated carbocycles. The molecule has 0 aliphatic heterocycles. The molecule has 5 nitrogen and oxygen atoms in total. The number of rotatable bonds is 4. The molecule has 0 spiro atoms. The van der Waals surface area contributed by atoms with Crippen LogP contribution >= 0.6 is 34.4 Å². The first kappa shape index (κ1) is 16.3. The van der Waals surface area contributed by atoms with E-state index in [0.717, 1.165) is 20.0 Å². The first-order valence-corrected chi connectivity index (χ1v) is 8.73. The average molecular weight is 410 g/mol. The van der Waals surface area contributed by atoms with Crippen LogP contribution in [0, 0.1) is 16.4 Å². The number of aryl methyl sites for hydroxylation is 1. The molecule has 2 rings (SSSR count). The van der Waals surface area contributed by atoms with Crippen LogP contribution in [-0.4, -0.2) is 51.4 Å². The maximum Gasteiger partial charge on any atom is 0.141 e. The molecule has 0 bridgehead atoms. The van der Waals surface area contributed by atoms with Crippen molar-refractivity contribution in [3.63, 3.8) is 0 Å². The van der Waals surface area contributed by atoms with Crippen molar-refractivity contribution in [3.8, 4) is 0 Å². The van der Waals surface area contributed by atoms with Crippen molar-refractivity contribution in [2.24, 2.45) is 5.92 Å². The smallest absolute Gasteiger partial charge is 0.141 e. The van der Waals surface area contributed by atoms with E-state index in [0.29, 0.717) is 6.42 Å². The Bertz CT molecular complexity index is 489. The third kappa shape index (κ3) is 3.22. The van der Waals surface area contributed by atoms with Gasteiger partial charge >= 0.3 is 0 Å². The fourth-order valence-corrected chi connectivity index (χ4v) is 3.36. The van der Waals surface area contributed by atoms with Crippen molar-refractivity contribution >= 4 is 40.2 Å². The minimum atomic E-state index is -0.889. The zero-order valence-corrected chi connectivity index (χ0v) is 14.4. The summed E-state index contributed by atoms with van der Waals surface area (Å²) in [4.78, 5) is 4.51. The van der Waals surface area contributed by atoms with Crippen molar-refractivity contribution in [3.05, 3.63) is 15.2 Å². The van der Waals surface area contributed by atoms with Crippen molar-refractivity contribution in [2.75, 3.05) is 18.2 Å². The van der Waals surface area contributed by atoms with Crippen LogP contribution in [0.5, 0.6) is 0 Å². The third-order valence-electron chi connectivity index (χ3n) is 3.68. The van der Waals surface area contributed by atoms with E-state index in [1.807, 2.05) is 19.2 Å². The number of hydrogen-bond donors (Lipinski definition) is 4. The second-order valence-corrected chi connectivity index (χ2v) is 6.96. The van der Waals surface area contributed by atoms with Gasteiger partial charge in [0.2, 0.25) is 0 Å². The lowest BCUT2D eigenvalue weighted by Crippen LogP contribution is -2.35. The highest BCUT2D eigenvalue weighted by Crippen LogP contribution is 2.31. The van der Waals surface area contributed by atoms with E-state index in [1.54, 1.807) is 11.8 Å². The summed E-state index contributed by atoms with van der Waals surface area (Å²) in [5.74, 6) is 0.440. The number of halogens is 1. The quantitative estimate of drug-likeness (QED) is 0.442. The Balaban J connectivity index is 2.20. The van der Waals surface area contributed by atoms with Crippen molar-refractivity contribution in [1.29, 1.82) is 0 Å². The van der Waals surface area contributed by atoms with E-state index in [-0.39, 0.29) is 18.6 Å². The summed E-state index contributed by atoms with van der Waals surface area (Å²) >= 11 is 3.79. The highest BCUT2D eigenvalue weighted by atomic mass is 127. The van der Waals surface area contributed by atoms with Gasteiger partial charge < -0.3 is 20.6 Å². The summed E-state index contributed by atoms with van der Waals surface area (Å²) < 4.78 is 1.01. The zero-order chi connectivity index (χ0) is 14.9. The summed E-state index contributed by atoms with van der Waals surface area (Å²) in [7, 11) is 0. The number of pyridine rings is 1. The predicted octanol–water partition coefficient (Wildman–Crippen LogP) is 1.23.